The van der Waals surface area contributed by atoms with Gasteiger partial charge in [-0.3, -0.25) is 0 Å². The molecule has 3 aromatic carbocycles. The lowest BCUT2D eigenvalue weighted by Crippen LogP contribution is -1.93. The normalized spacial score (nSPS) is 33.1. The van der Waals surface area contributed by atoms with E-state index in [-0.39, 0.29) is 17.2 Å². The molecule has 204 valence electrons. The van der Waals surface area contributed by atoms with Crippen molar-refractivity contribution in [2.75, 3.05) is 13.3 Å². The summed E-state index contributed by atoms with van der Waals surface area (Å²) in [5, 5.41) is 0. The number of hydrogen-bond donors (Lipinski definition) is 0. The molecule has 0 amide bonds. The highest BCUT2D eigenvalue weighted by atomic mass is 31.3. The lowest BCUT2D eigenvalue weighted by molar-refractivity contribution is 0.529. The molecule has 5 atom stereocenters. The Balaban J connectivity index is 2.05. The molecule has 0 spiro atoms. The van der Waals surface area contributed by atoms with Crippen LogP contribution in [0.2, 0.25) is 0 Å². The summed E-state index contributed by atoms with van der Waals surface area (Å²) in [6.45, 7) is 1.40. The smallest absolute Gasteiger partial charge is 0.419 e. The lowest BCUT2D eigenvalue weighted by Gasteiger charge is -2.22. The molecule has 0 saturated carbocycles. The summed E-state index contributed by atoms with van der Waals surface area (Å²) in [4.78, 5) is 0. The molecular formula is C20H21F5N5O3P5. The molecule has 38 heavy (non-hydrogen) atoms. The van der Waals surface area contributed by atoms with Gasteiger partial charge in [-0.25, -0.2) is 0 Å². The van der Waals surface area contributed by atoms with Crippen LogP contribution in [0.1, 0.15) is 0 Å². The molecule has 0 radical (unpaired) electrons. The number of benzene rings is 3. The van der Waals surface area contributed by atoms with Crippen LogP contribution in [0, 0.1) is 0 Å². The second-order valence-corrected chi connectivity index (χ2v) is 17.9. The molecular weight excluding hydrogens is 608 g/mol. The first-order chi connectivity index (χ1) is 17.8. The van der Waals surface area contributed by atoms with Crippen LogP contribution < -0.4 is 13.6 Å². The van der Waals surface area contributed by atoms with Crippen molar-refractivity contribution in [2.45, 2.75) is 0 Å². The lowest BCUT2D eigenvalue weighted by atomic mass is 10.3. The van der Waals surface area contributed by atoms with E-state index < -0.39 is 38.3 Å². The molecule has 3 aromatic rings. The summed E-state index contributed by atoms with van der Waals surface area (Å²) in [6, 6.07) is 21.2. The third-order valence-corrected chi connectivity index (χ3v) is 16.1. The Morgan fingerprint density at radius 2 is 0.711 bits per heavy atom. The number of nitrogens with zero attached hydrogens (tertiary/aromatic N) is 5. The molecule has 4 rings (SSSR count). The summed E-state index contributed by atoms with van der Waals surface area (Å²) in [6.07, 6.45) is 0. The van der Waals surface area contributed by atoms with Crippen LogP contribution in [-0.2, 0) is 0 Å². The van der Waals surface area contributed by atoms with Gasteiger partial charge in [0.1, 0.15) is 17.2 Å². The SMILES string of the molecule is CP1(F)=NP(C)(F)=NP(F)(Oc2ccccc2)=NP(F)(Oc2ccccc2)=NP(F)(Oc2ccccc2)=N1. The standard InChI is InChI=1S/C20H21F5N5O3P5/c1-34(21)26-35(2,22)28-37(24,32-19-14-8-4-9-15-19)30-38(25,33-20-16-10-5-11-17-20)29-36(23,27-34)31-18-12-6-3-7-13-18/h3-17H,1-2H3. The highest BCUT2D eigenvalue weighted by Crippen LogP contribution is 2.79. The van der Waals surface area contributed by atoms with Crippen LogP contribution in [0.3, 0.4) is 0 Å². The van der Waals surface area contributed by atoms with Gasteiger partial charge in [0, 0.05) is 13.3 Å². The summed E-state index contributed by atoms with van der Waals surface area (Å²) in [5.41, 5.74) is 0. The average Bonchev–Trinajstić information content (AvgIpc) is 2.77. The third kappa shape index (κ3) is 8.18. The minimum absolute atomic E-state index is 0.191. The highest BCUT2D eigenvalue weighted by Gasteiger charge is 2.40. The van der Waals surface area contributed by atoms with Crippen molar-refractivity contribution in [2.24, 2.45) is 22.6 Å². The van der Waals surface area contributed by atoms with Crippen molar-refractivity contribution in [3.8, 4) is 17.2 Å². The molecule has 0 fully saturated rings. The summed E-state index contributed by atoms with van der Waals surface area (Å²) < 4.78 is 112. The molecule has 1 aliphatic heterocycles. The van der Waals surface area contributed by atoms with Gasteiger partial charge in [-0.1, -0.05) is 54.6 Å². The zero-order valence-electron chi connectivity index (χ0n) is 19.7. The van der Waals surface area contributed by atoms with Crippen molar-refractivity contribution in [3.63, 3.8) is 0 Å². The molecule has 8 nitrogen and oxygen atoms in total. The number of rotatable bonds is 6. The van der Waals surface area contributed by atoms with E-state index in [9.17, 15) is 0 Å². The fourth-order valence-corrected chi connectivity index (χ4v) is 15.2. The summed E-state index contributed by atoms with van der Waals surface area (Å²) in [7, 11) is -25.8. The zero-order chi connectivity index (χ0) is 27.5. The van der Waals surface area contributed by atoms with Gasteiger partial charge < -0.3 is 13.6 Å². The van der Waals surface area contributed by atoms with Crippen LogP contribution >= 0.6 is 38.3 Å². The Hall–Kier alpha value is -2.14. The van der Waals surface area contributed by atoms with Gasteiger partial charge in [0.15, 0.2) is 0 Å². The van der Waals surface area contributed by atoms with Crippen LogP contribution in [0.4, 0.5) is 21.0 Å². The van der Waals surface area contributed by atoms with Gasteiger partial charge in [-0.15, -0.1) is 30.7 Å². The van der Waals surface area contributed by atoms with Crippen LogP contribution in [-0.4, -0.2) is 13.3 Å². The maximum atomic E-state index is 16.5. The molecule has 0 aromatic heterocycles. The predicted molar refractivity (Wildman–Crippen MR) is 145 cm³/mol. The van der Waals surface area contributed by atoms with E-state index in [1.54, 1.807) is 18.2 Å². The van der Waals surface area contributed by atoms with E-state index in [0.29, 0.717) is 13.3 Å². The Morgan fingerprint density at radius 3 is 1.08 bits per heavy atom. The van der Waals surface area contributed by atoms with E-state index in [4.69, 9.17) is 13.6 Å². The second kappa shape index (κ2) is 11.2. The maximum Gasteiger partial charge on any atom is 0.443 e. The van der Waals surface area contributed by atoms with Gasteiger partial charge in [0.25, 0.3) is 0 Å². The predicted octanol–water partition coefficient (Wildman–Crippen LogP) is 12.2. The van der Waals surface area contributed by atoms with E-state index in [2.05, 4.69) is 22.6 Å². The highest BCUT2D eigenvalue weighted by molar-refractivity contribution is 7.80. The molecule has 1 aliphatic rings. The minimum atomic E-state index is -5.51. The third-order valence-electron chi connectivity index (χ3n) is 4.21. The fourth-order valence-electron chi connectivity index (χ4n) is 3.02. The van der Waals surface area contributed by atoms with Crippen molar-refractivity contribution in [3.05, 3.63) is 91.0 Å². The van der Waals surface area contributed by atoms with Gasteiger partial charge in [0.2, 0.25) is 15.0 Å². The Morgan fingerprint density at radius 1 is 0.421 bits per heavy atom. The Bertz CT molecular complexity index is 1530. The summed E-state index contributed by atoms with van der Waals surface area (Å²) in [5.74, 6) is -0.599. The monoisotopic (exact) mass is 629 g/mol. The first kappa shape index (κ1) is 28.9. The first-order valence-electron chi connectivity index (χ1n) is 10.6. The topological polar surface area (TPSA) is 89.5 Å². The number of halogens is 5. The van der Waals surface area contributed by atoms with Gasteiger partial charge in [0.05, 0.1) is 0 Å². The molecule has 0 bridgehead atoms. The van der Waals surface area contributed by atoms with Crippen LogP contribution in [0.5, 0.6) is 17.2 Å². The molecule has 1 heterocycles. The Kier molecular flexibility index (Phi) is 8.47. The minimum Gasteiger partial charge on any atom is -0.419 e. The summed E-state index contributed by atoms with van der Waals surface area (Å²) >= 11 is 0. The van der Waals surface area contributed by atoms with Gasteiger partial charge >= 0.3 is 23.2 Å². The molecule has 0 saturated heterocycles. The number of hydrogen-bond acceptors (Lipinski definition) is 8. The van der Waals surface area contributed by atoms with Crippen molar-refractivity contribution in [1.29, 1.82) is 0 Å². The van der Waals surface area contributed by atoms with Gasteiger partial charge in [-0.2, -0.15) is 12.9 Å². The molecule has 0 N–H and O–H groups in total. The first-order valence-corrected chi connectivity index (χ1v) is 19.2. The van der Waals surface area contributed by atoms with E-state index in [1.165, 1.54) is 72.8 Å². The number of para-hydroxylation sites is 3. The molecule has 5 unspecified atom stereocenters. The van der Waals surface area contributed by atoms with Crippen molar-refractivity contribution >= 4 is 38.3 Å². The average molecular weight is 629 g/mol. The quantitative estimate of drug-likeness (QED) is 0.201. The van der Waals surface area contributed by atoms with E-state index in [1.807, 2.05) is 0 Å². The van der Waals surface area contributed by atoms with Crippen LogP contribution in [0.25, 0.3) is 0 Å². The molecule has 0 aliphatic carbocycles. The largest absolute Gasteiger partial charge is 0.443 e. The maximum absolute atomic E-state index is 16.5. The van der Waals surface area contributed by atoms with E-state index >= 15 is 21.0 Å². The fraction of sp³-hybridized carbons (Fsp3) is 0.100. The van der Waals surface area contributed by atoms with Crippen molar-refractivity contribution in [1.82, 2.24) is 0 Å². The second-order valence-electron chi connectivity index (χ2n) is 7.70. The van der Waals surface area contributed by atoms with E-state index in [0.717, 1.165) is 0 Å². The van der Waals surface area contributed by atoms with Gasteiger partial charge in [-0.05, 0) is 36.4 Å². The van der Waals surface area contributed by atoms with Crippen LogP contribution in [0.15, 0.2) is 114 Å². The molecule has 18 heteroatoms. The Labute approximate surface area is 217 Å². The zero-order valence-corrected chi connectivity index (χ0v) is 24.2. The van der Waals surface area contributed by atoms with Crippen molar-refractivity contribution < 1.29 is 34.6 Å².